The normalized spacial score (nSPS) is 11.7. The highest BCUT2D eigenvalue weighted by molar-refractivity contribution is 7.88. The Bertz CT molecular complexity index is 2370. The first kappa shape index (κ1) is 29.0. The van der Waals surface area contributed by atoms with Crippen molar-refractivity contribution in [3.63, 3.8) is 0 Å². The average molecular weight is 632 g/mol. The lowest BCUT2D eigenvalue weighted by Gasteiger charge is -2.08. The van der Waals surface area contributed by atoms with E-state index in [1.807, 2.05) is 48.5 Å². The summed E-state index contributed by atoms with van der Waals surface area (Å²) in [7, 11) is -3.44. The molecular formula is C34H26FN7O3S. The number of aromatic nitrogens is 5. The zero-order valence-electron chi connectivity index (χ0n) is 24.4. The van der Waals surface area contributed by atoms with Gasteiger partial charge in [-0.25, -0.2) is 22.5 Å². The summed E-state index contributed by atoms with van der Waals surface area (Å²) in [6.45, 7) is -0.0248. The number of pyridine rings is 2. The number of aromatic amines is 2. The third-order valence-electron chi connectivity index (χ3n) is 7.46. The molecule has 4 heterocycles. The summed E-state index contributed by atoms with van der Waals surface area (Å²) in [6.07, 6.45) is 4.32. The van der Waals surface area contributed by atoms with Gasteiger partial charge in [0.2, 0.25) is 10.0 Å². The highest BCUT2D eigenvalue weighted by Crippen LogP contribution is 2.35. The largest absolute Gasteiger partial charge is 0.353 e. The Morgan fingerprint density at radius 1 is 0.891 bits per heavy atom. The van der Waals surface area contributed by atoms with Gasteiger partial charge < -0.3 is 10.3 Å². The molecule has 0 bridgehead atoms. The standard InChI is InChI=1S/C34H26FN7O3S/c1-46(44,45)37-17-20-12-22(14-24(35)13-20)26-8-5-9-29-27(26)16-31(39-29)33-32-30(41-42-33)11-10-28(40-32)23-15-25(19-36-18-23)38-34(43)21-6-3-2-4-7-21/h2-16,18-19,37,39H,17H2,1H3,(H,38,43)(H,41,42). The van der Waals surface area contributed by atoms with Crippen molar-refractivity contribution < 1.29 is 17.6 Å². The molecule has 1 amide bonds. The van der Waals surface area contributed by atoms with E-state index in [2.05, 4.69) is 30.2 Å². The van der Waals surface area contributed by atoms with Crippen molar-refractivity contribution in [2.24, 2.45) is 0 Å². The summed E-state index contributed by atoms with van der Waals surface area (Å²) < 4.78 is 40.2. The number of fused-ring (bicyclic) bond motifs is 2. The lowest BCUT2D eigenvalue weighted by Crippen LogP contribution is -2.21. The number of hydrogen-bond acceptors (Lipinski definition) is 6. The zero-order chi connectivity index (χ0) is 31.8. The van der Waals surface area contributed by atoms with E-state index in [0.29, 0.717) is 50.5 Å². The van der Waals surface area contributed by atoms with Gasteiger partial charge in [-0.1, -0.05) is 30.3 Å². The number of rotatable bonds is 8. The summed E-state index contributed by atoms with van der Waals surface area (Å²) in [5.41, 5.74) is 7.79. The quantitative estimate of drug-likeness (QED) is 0.155. The van der Waals surface area contributed by atoms with Gasteiger partial charge in [0.25, 0.3) is 5.91 Å². The first-order valence-corrected chi connectivity index (χ1v) is 16.1. The van der Waals surface area contributed by atoms with Gasteiger partial charge >= 0.3 is 0 Å². The number of benzene rings is 3. The van der Waals surface area contributed by atoms with Crippen molar-refractivity contribution in [3.05, 3.63) is 120 Å². The fraction of sp³-hybridized carbons (Fsp3) is 0.0588. The molecule has 7 aromatic rings. The number of H-pyrrole nitrogens is 2. The molecule has 228 valence electrons. The van der Waals surface area contributed by atoms with Gasteiger partial charge in [-0.2, -0.15) is 5.10 Å². The molecule has 3 aromatic carbocycles. The van der Waals surface area contributed by atoms with Crippen LogP contribution in [0.15, 0.2) is 103 Å². The van der Waals surface area contributed by atoms with Crippen LogP contribution >= 0.6 is 0 Å². The van der Waals surface area contributed by atoms with E-state index >= 15 is 0 Å². The first-order chi connectivity index (χ1) is 22.2. The highest BCUT2D eigenvalue weighted by Gasteiger charge is 2.17. The van der Waals surface area contributed by atoms with Gasteiger partial charge in [0, 0.05) is 34.8 Å². The van der Waals surface area contributed by atoms with Crippen LogP contribution < -0.4 is 10.0 Å². The molecule has 0 aliphatic carbocycles. The Hall–Kier alpha value is -5.72. The van der Waals surface area contributed by atoms with Crippen LogP contribution in [0.2, 0.25) is 0 Å². The minimum atomic E-state index is -3.44. The first-order valence-electron chi connectivity index (χ1n) is 14.2. The minimum absolute atomic E-state index is 0.0248. The number of nitrogens with zero attached hydrogens (tertiary/aromatic N) is 3. The number of amides is 1. The Morgan fingerprint density at radius 2 is 1.74 bits per heavy atom. The second-order valence-corrected chi connectivity index (χ2v) is 12.7. The number of hydrogen-bond donors (Lipinski definition) is 4. The zero-order valence-corrected chi connectivity index (χ0v) is 25.2. The van der Waals surface area contributed by atoms with Gasteiger partial charge in [0.1, 0.15) is 17.0 Å². The molecule has 0 aliphatic rings. The molecule has 0 saturated heterocycles. The van der Waals surface area contributed by atoms with Gasteiger partial charge in [-0.15, -0.1) is 0 Å². The van der Waals surface area contributed by atoms with Crippen LogP contribution in [0.1, 0.15) is 15.9 Å². The molecule has 0 aliphatic heterocycles. The molecular weight excluding hydrogens is 605 g/mol. The van der Waals surface area contributed by atoms with E-state index in [1.165, 1.54) is 12.1 Å². The maximum absolute atomic E-state index is 14.6. The number of carbonyl (C=O) groups excluding carboxylic acids is 1. The molecule has 0 unspecified atom stereocenters. The van der Waals surface area contributed by atoms with E-state index < -0.39 is 15.8 Å². The van der Waals surface area contributed by atoms with Crippen molar-refractivity contribution in [2.45, 2.75) is 6.54 Å². The predicted molar refractivity (Wildman–Crippen MR) is 176 cm³/mol. The summed E-state index contributed by atoms with van der Waals surface area (Å²) in [5.74, 6) is -0.706. The average Bonchev–Trinajstić information content (AvgIpc) is 3.68. The third kappa shape index (κ3) is 5.99. The van der Waals surface area contributed by atoms with E-state index in [4.69, 9.17) is 4.98 Å². The Labute approximate surface area is 262 Å². The molecule has 0 fully saturated rings. The van der Waals surface area contributed by atoms with Crippen LogP contribution in [-0.4, -0.2) is 45.7 Å². The van der Waals surface area contributed by atoms with Crippen LogP contribution in [0.4, 0.5) is 10.1 Å². The van der Waals surface area contributed by atoms with Crippen molar-refractivity contribution >= 4 is 43.6 Å². The summed E-state index contributed by atoms with van der Waals surface area (Å²) in [6, 6.07) is 26.6. The van der Waals surface area contributed by atoms with Gasteiger partial charge in [0.05, 0.1) is 35.0 Å². The second kappa shape index (κ2) is 11.7. The van der Waals surface area contributed by atoms with E-state index in [-0.39, 0.29) is 12.5 Å². The fourth-order valence-electron chi connectivity index (χ4n) is 5.35. The highest BCUT2D eigenvalue weighted by atomic mass is 32.2. The van der Waals surface area contributed by atoms with Crippen molar-refractivity contribution in [1.82, 2.24) is 29.9 Å². The maximum atomic E-state index is 14.6. The van der Waals surface area contributed by atoms with Crippen molar-refractivity contribution in [1.29, 1.82) is 0 Å². The van der Waals surface area contributed by atoms with Gasteiger partial charge in [0.15, 0.2) is 0 Å². The second-order valence-electron chi connectivity index (χ2n) is 10.8. The smallest absolute Gasteiger partial charge is 0.255 e. The van der Waals surface area contributed by atoms with E-state index in [9.17, 15) is 17.6 Å². The minimum Gasteiger partial charge on any atom is -0.353 e. The summed E-state index contributed by atoms with van der Waals surface area (Å²) in [4.78, 5) is 25.3. The molecule has 0 saturated carbocycles. The number of anilines is 1. The van der Waals surface area contributed by atoms with Crippen molar-refractivity contribution in [3.8, 4) is 33.8 Å². The molecule has 46 heavy (non-hydrogen) atoms. The monoisotopic (exact) mass is 631 g/mol. The van der Waals surface area contributed by atoms with Crippen LogP contribution in [0.3, 0.4) is 0 Å². The van der Waals surface area contributed by atoms with Gasteiger partial charge in [-0.3, -0.25) is 14.9 Å². The molecule has 0 spiro atoms. The summed E-state index contributed by atoms with van der Waals surface area (Å²) >= 11 is 0. The fourth-order valence-corrected chi connectivity index (χ4v) is 5.77. The Morgan fingerprint density at radius 3 is 2.57 bits per heavy atom. The lowest BCUT2D eigenvalue weighted by molar-refractivity contribution is 0.102. The van der Waals surface area contributed by atoms with E-state index in [1.54, 1.807) is 42.7 Å². The third-order valence-corrected chi connectivity index (χ3v) is 8.13. The SMILES string of the molecule is CS(=O)(=O)NCc1cc(F)cc(-c2cccc3[nH]c(-c4n[nH]c5ccc(-c6cncc(NC(=O)c7ccccc7)c6)nc45)cc23)c1. The van der Waals surface area contributed by atoms with Crippen LogP contribution in [0, 0.1) is 5.82 Å². The van der Waals surface area contributed by atoms with Gasteiger partial charge in [-0.05, 0) is 77.4 Å². The number of nitrogens with one attached hydrogen (secondary N) is 4. The maximum Gasteiger partial charge on any atom is 0.255 e. The van der Waals surface area contributed by atoms with Crippen molar-refractivity contribution in [2.75, 3.05) is 11.6 Å². The molecule has 4 N–H and O–H groups in total. The van der Waals surface area contributed by atoms with E-state index in [0.717, 1.165) is 28.2 Å². The lowest BCUT2D eigenvalue weighted by atomic mass is 9.99. The topological polar surface area (TPSA) is 146 Å². The van der Waals surface area contributed by atoms with Crippen LogP contribution in [-0.2, 0) is 16.6 Å². The number of sulfonamides is 1. The summed E-state index contributed by atoms with van der Waals surface area (Å²) in [5, 5.41) is 11.3. The molecule has 12 heteroatoms. The molecule has 7 rings (SSSR count). The number of halogens is 1. The number of carbonyl (C=O) groups is 1. The molecule has 0 radical (unpaired) electrons. The van der Waals surface area contributed by atoms with Crippen LogP contribution in [0.25, 0.3) is 55.7 Å². The Balaban J connectivity index is 1.22. The molecule has 4 aromatic heterocycles. The van der Waals surface area contributed by atoms with Crippen LogP contribution in [0.5, 0.6) is 0 Å². The Kier molecular flexibility index (Phi) is 7.35. The molecule has 10 nitrogen and oxygen atoms in total. The predicted octanol–water partition coefficient (Wildman–Crippen LogP) is 6.28. The molecule has 0 atom stereocenters.